The highest BCUT2D eigenvalue weighted by Gasteiger charge is 2.21. The Hall–Kier alpha value is -1.43. The van der Waals surface area contributed by atoms with Crippen LogP contribution in [0.5, 0.6) is 0 Å². The van der Waals surface area contributed by atoms with Crippen LogP contribution in [0.15, 0.2) is 34.1 Å². The van der Waals surface area contributed by atoms with Gasteiger partial charge in [0.2, 0.25) is 9.84 Å². The van der Waals surface area contributed by atoms with E-state index in [4.69, 9.17) is 34.7 Å². The summed E-state index contributed by atoms with van der Waals surface area (Å²) >= 11 is 11.9. The van der Waals surface area contributed by atoms with E-state index >= 15 is 0 Å². The van der Waals surface area contributed by atoms with E-state index in [1.54, 1.807) is 13.8 Å². The maximum Gasteiger partial charge on any atom is 0.206 e. The van der Waals surface area contributed by atoms with E-state index in [1.807, 2.05) is 0 Å². The predicted octanol–water partition coefficient (Wildman–Crippen LogP) is 3.61. The summed E-state index contributed by atoms with van der Waals surface area (Å²) < 4.78 is 25.3. The Kier molecular flexibility index (Phi) is 4.10. The molecule has 0 heterocycles. The summed E-state index contributed by atoms with van der Waals surface area (Å²) in [5.41, 5.74) is 13.4. The largest absolute Gasteiger partial charge is 0.397 e. The Balaban J connectivity index is 2.68. The van der Waals surface area contributed by atoms with Crippen molar-refractivity contribution in [3.8, 4) is 0 Å². The van der Waals surface area contributed by atoms with Gasteiger partial charge in [-0.15, -0.1) is 0 Å². The molecule has 2 aromatic rings. The summed E-state index contributed by atoms with van der Waals surface area (Å²) in [4.78, 5) is 0.138. The zero-order valence-electron chi connectivity index (χ0n) is 11.4. The minimum Gasteiger partial charge on any atom is -0.397 e. The Morgan fingerprint density at radius 2 is 1.14 bits per heavy atom. The van der Waals surface area contributed by atoms with Crippen LogP contribution < -0.4 is 11.5 Å². The molecule has 0 saturated heterocycles. The van der Waals surface area contributed by atoms with Crippen LogP contribution in [0.1, 0.15) is 11.1 Å². The molecule has 0 unspecified atom stereocenters. The Labute approximate surface area is 133 Å². The highest BCUT2D eigenvalue weighted by atomic mass is 35.5. The van der Waals surface area contributed by atoms with Gasteiger partial charge in [-0.1, -0.05) is 23.2 Å². The van der Waals surface area contributed by atoms with Crippen LogP contribution in [-0.4, -0.2) is 8.42 Å². The zero-order valence-corrected chi connectivity index (χ0v) is 13.8. The molecule has 0 amide bonds. The molecule has 0 aromatic heterocycles. The number of rotatable bonds is 2. The Morgan fingerprint density at radius 1 is 0.810 bits per heavy atom. The van der Waals surface area contributed by atoms with Gasteiger partial charge in [0.25, 0.3) is 0 Å². The standard InChI is InChI=1S/C14H14Cl2N2O2S/c1-7-3-9(5-11(15)13(7)17)21(19,20)10-4-8(2)14(18)12(16)6-10/h3-6H,17-18H2,1-2H3. The molecule has 4 N–H and O–H groups in total. The molecule has 2 rings (SSSR count). The average Bonchev–Trinajstić information content (AvgIpc) is 2.40. The van der Waals surface area contributed by atoms with Crippen LogP contribution in [0.2, 0.25) is 10.0 Å². The first-order chi connectivity index (χ1) is 9.64. The summed E-state index contributed by atoms with van der Waals surface area (Å²) in [5.74, 6) is 0. The van der Waals surface area contributed by atoms with Crippen LogP contribution in [0.25, 0.3) is 0 Å². The third-order valence-electron chi connectivity index (χ3n) is 3.24. The van der Waals surface area contributed by atoms with Crippen LogP contribution in [-0.2, 0) is 9.84 Å². The molecule has 0 atom stereocenters. The Morgan fingerprint density at radius 3 is 1.43 bits per heavy atom. The van der Waals surface area contributed by atoms with Gasteiger partial charge in [0.15, 0.2) is 0 Å². The van der Waals surface area contributed by atoms with Crippen molar-refractivity contribution in [2.75, 3.05) is 11.5 Å². The third-order valence-corrected chi connectivity index (χ3v) is 5.58. The summed E-state index contributed by atoms with van der Waals surface area (Å²) in [5, 5.41) is 0.402. The van der Waals surface area contributed by atoms with Crippen molar-refractivity contribution in [1.29, 1.82) is 0 Å². The van der Waals surface area contributed by atoms with Crippen molar-refractivity contribution in [1.82, 2.24) is 0 Å². The highest BCUT2D eigenvalue weighted by Crippen LogP contribution is 2.33. The smallest absolute Gasteiger partial charge is 0.206 e. The van der Waals surface area contributed by atoms with Crippen molar-refractivity contribution in [2.24, 2.45) is 0 Å². The number of halogens is 2. The van der Waals surface area contributed by atoms with Crippen molar-refractivity contribution in [3.63, 3.8) is 0 Å². The van der Waals surface area contributed by atoms with Crippen LogP contribution in [0.4, 0.5) is 11.4 Å². The van der Waals surface area contributed by atoms with Gasteiger partial charge in [0.1, 0.15) is 0 Å². The molecule has 7 heteroatoms. The molecule has 112 valence electrons. The molecule has 2 aromatic carbocycles. The van der Waals surface area contributed by atoms with Gasteiger partial charge in [-0.25, -0.2) is 8.42 Å². The fourth-order valence-electron chi connectivity index (χ4n) is 1.89. The Bertz CT molecular complexity index is 723. The molecule has 0 fully saturated rings. The number of nitrogens with two attached hydrogens (primary N) is 2. The SMILES string of the molecule is Cc1cc(S(=O)(=O)c2cc(C)c(N)c(Cl)c2)cc(Cl)c1N. The molecule has 0 aliphatic heterocycles. The van der Waals surface area contributed by atoms with Gasteiger partial charge >= 0.3 is 0 Å². The summed E-state index contributed by atoms with van der Waals surface area (Å²) in [6, 6.07) is 5.63. The minimum atomic E-state index is -3.74. The van der Waals surface area contributed by atoms with Gasteiger partial charge in [-0.3, -0.25) is 0 Å². The van der Waals surface area contributed by atoms with E-state index in [-0.39, 0.29) is 19.8 Å². The molecule has 0 aliphatic carbocycles. The number of hydrogen-bond donors (Lipinski definition) is 2. The average molecular weight is 345 g/mol. The van der Waals surface area contributed by atoms with E-state index in [0.29, 0.717) is 22.5 Å². The molecule has 4 nitrogen and oxygen atoms in total. The molecule has 0 saturated carbocycles. The second-order valence-corrected chi connectivity index (χ2v) is 7.54. The number of anilines is 2. The lowest BCUT2D eigenvalue weighted by Gasteiger charge is -2.11. The topological polar surface area (TPSA) is 86.2 Å². The first-order valence-electron chi connectivity index (χ1n) is 6.01. The molecule has 0 aliphatic rings. The van der Waals surface area contributed by atoms with Crippen LogP contribution >= 0.6 is 23.2 Å². The molecular formula is C14H14Cl2N2O2S. The van der Waals surface area contributed by atoms with Gasteiger partial charge in [-0.2, -0.15) is 0 Å². The van der Waals surface area contributed by atoms with Crippen molar-refractivity contribution >= 4 is 44.4 Å². The molecule has 0 radical (unpaired) electrons. The fourth-order valence-corrected chi connectivity index (χ4v) is 4.04. The second kappa shape index (κ2) is 5.40. The lowest BCUT2D eigenvalue weighted by Crippen LogP contribution is -2.05. The molecule has 0 bridgehead atoms. The molecular weight excluding hydrogens is 331 g/mol. The van der Waals surface area contributed by atoms with Crippen molar-refractivity contribution < 1.29 is 8.42 Å². The lowest BCUT2D eigenvalue weighted by molar-refractivity contribution is 0.596. The lowest BCUT2D eigenvalue weighted by atomic mass is 10.2. The normalized spacial score (nSPS) is 11.6. The minimum absolute atomic E-state index is 0.0689. The van der Waals surface area contributed by atoms with E-state index in [1.165, 1.54) is 24.3 Å². The first-order valence-corrected chi connectivity index (χ1v) is 8.25. The van der Waals surface area contributed by atoms with Gasteiger partial charge < -0.3 is 11.5 Å². The van der Waals surface area contributed by atoms with E-state index in [0.717, 1.165) is 0 Å². The molecule has 21 heavy (non-hydrogen) atoms. The maximum atomic E-state index is 12.7. The molecule has 0 spiro atoms. The van der Waals surface area contributed by atoms with Gasteiger partial charge in [0, 0.05) is 0 Å². The van der Waals surface area contributed by atoms with E-state index in [2.05, 4.69) is 0 Å². The van der Waals surface area contributed by atoms with E-state index < -0.39 is 9.84 Å². The van der Waals surface area contributed by atoms with Crippen LogP contribution in [0, 0.1) is 13.8 Å². The summed E-state index contributed by atoms with van der Waals surface area (Å²) in [7, 11) is -3.74. The maximum absolute atomic E-state index is 12.7. The van der Waals surface area contributed by atoms with Gasteiger partial charge in [0.05, 0.1) is 31.2 Å². The quantitative estimate of drug-likeness (QED) is 0.814. The monoisotopic (exact) mass is 344 g/mol. The van der Waals surface area contributed by atoms with Crippen LogP contribution in [0.3, 0.4) is 0 Å². The summed E-state index contributed by atoms with van der Waals surface area (Å²) in [6.45, 7) is 3.39. The number of aryl methyl sites for hydroxylation is 2. The highest BCUT2D eigenvalue weighted by molar-refractivity contribution is 7.91. The second-order valence-electron chi connectivity index (χ2n) is 4.77. The number of benzene rings is 2. The number of nitrogen functional groups attached to an aromatic ring is 2. The zero-order chi connectivity index (χ0) is 15.9. The summed E-state index contributed by atoms with van der Waals surface area (Å²) in [6.07, 6.45) is 0. The van der Waals surface area contributed by atoms with Crippen molar-refractivity contribution in [2.45, 2.75) is 23.6 Å². The van der Waals surface area contributed by atoms with Crippen molar-refractivity contribution in [3.05, 3.63) is 45.4 Å². The third kappa shape index (κ3) is 2.81. The predicted molar refractivity (Wildman–Crippen MR) is 86.7 cm³/mol. The van der Waals surface area contributed by atoms with E-state index in [9.17, 15) is 8.42 Å². The number of sulfone groups is 1. The first kappa shape index (κ1) is 15.9. The van der Waals surface area contributed by atoms with Gasteiger partial charge in [-0.05, 0) is 49.2 Å². The number of hydrogen-bond acceptors (Lipinski definition) is 4. The fraction of sp³-hybridized carbons (Fsp3) is 0.143.